The highest BCUT2D eigenvalue weighted by Crippen LogP contribution is 2.26. The quantitative estimate of drug-likeness (QED) is 0.738. The summed E-state index contributed by atoms with van der Waals surface area (Å²) in [6.45, 7) is 6.89. The Morgan fingerprint density at radius 3 is 2.74 bits per heavy atom. The highest BCUT2D eigenvalue weighted by molar-refractivity contribution is 9.10. The topological polar surface area (TPSA) is 73.1 Å². The number of aromatic nitrogens is 4. The number of halogens is 1. The molecule has 6 nitrogen and oxygen atoms in total. The number of nitrogens with zero attached hydrogens (tertiary/aromatic N) is 4. The molecule has 0 aliphatic heterocycles. The molecule has 0 aromatic carbocycles. The monoisotopic (exact) mass is 378 g/mol. The highest BCUT2D eigenvalue weighted by atomic mass is 79.9. The first-order valence-electron chi connectivity index (χ1n) is 7.48. The zero-order chi connectivity index (χ0) is 16.6. The third kappa shape index (κ3) is 3.36. The average molecular weight is 379 g/mol. The molecule has 3 rings (SSSR count). The number of hydrogen-bond acceptors (Lipinski definition) is 5. The van der Waals surface area contributed by atoms with Crippen molar-refractivity contribution in [2.75, 3.05) is 6.61 Å². The van der Waals surface area contributed by atoms with E-state index in [1.54, 1.807) is 26.2 Å². The predicted molar refractivity (Wildman–Crippen MR) is 92.2 cm³/mol. The molecule has 0 fully saturated rings. The minimum atomic E-state index is -0.875. The van der Waals surface area contributed by atoms with Crippen molar-refractivity contribution in [2.24, 2.45) is 0 Å². The van der Waals surface area contributed by atoms with Gasteiger partial charge in [0.2, 0.25) is 0 Å². The van der Waals surface area contributed by atoms with Crippen LogP contribution in [0.1, 0.15) is 26.6 Å². The van der Waals surface area contributed by atoms with Gasteiger partial charge in [0.15, 0.2) is 0 Å². The predicted octanol–water partition coefficient (Wildman–Crippen LogP) is 3.05. The summed E-state index contributed by atoms with van der Waals surface area (Å²) in [7, 11) is 0. The van der Waals surface area contributed by atoms with Gasteiger partial charge < -0.3 is 14.4 Å². The Morgan fingerprint density at radius 1 is 1.26 bits per heavy atom. The van der Waals surface area contributed by atoms with Crippen LogP contribution in [-0.2, 0) is 17.9 Å². The lowest BCUT2D eigenvalue weighted by atomic mass is 10.1. The minimum Gasteiger partial charge on any atom is -0.389 e. The molecule has 0 saturated carbocycles. The fourth-order valence-electron chi connectivity index (χ4n) is 2.56. The van der Waals surface area contributed by atoms with Gasteiger partial charge >= 0.3 is 0 Å². The van der Waals surface area contributed by atoms with Crippen molar-refractivity contribution in [3.05, 3.63) is 28.8 Å². The Balaban J connectivity index is 2.27. The van der Waals surface area contributed by atoms with Crippen molar-refractivity contribution >= 4 is 38.0 Å². The number of pyridine rings is 2. The Labute approximate surface area is 142 Å². The second-order valence-corrected chi connectivity index (χ2v) is 6.99. The van der Waals surface area contributed by atoms with Crippen LogP contribution in [0.15, 0.2) is 22.9 Å². The van der Waals surface area contributed by atoms with Crippen LogP contribution in [0.2, 0.25) is 0 Å². The van der Waals surface area contributed by atoms with Gasteiger partial charge in [-0.1, -0.05) is 0 Å². The second kappa shape index (κ2) is 6.14. The van der Waals surface area contributed by atoms with Crippen molar-refractivity contribution in [1.82, 2.24) is 19.5 Å². The zero-order valence-corrected chi connectivity index (χ0v) is 15.0. The van der Waals surface area contributed by atoms with Gasteiger partial charge in [0, 0.05) is 17.3 Å². The molecule has 1 N–H and O–H groups in total. The van der Waals surface area contributed by atoms with Crippen LogP contribution >= 0.6 is 15.9 Å². The normalized spacial score (nSPS) is 12.4. The third-order valence-corrected chi connectivity index (χ3v) is 3.87. The van der Waals surface area contributed by atoms with Crippen molar-refractivity contribution in [2.45, 2.75) is 39.5 Å². The number of aliphatic hydroxyl groups is 1. The molecule has 0 radical (unpaired) electrons. The smallest absolute Gasteiger partial charge is 0.136 e. The summed E-state index contributed by atoms with van der Waals surface area (Å²) in [6, 6.07) is 1.92. The summed E-state index contributed by atoms with van der Waals surface area (Å²) in [4.78, 5) is 13.5. The molecule has 122 valence electrons. The summed E-state index contributed by atoms with van der Waals surface area (Å²) in [5.41, 5.74) is 2.31. The van der Waals surface area contributed by atoms with Crippen LogP contribution in [0.25, 0.3) is 22.1 Å². The largest absolute Gasteiger partial charge is 0.389 e. The summed E-state index contributed by atoms with van der Waals surface area (Å²) in [5.74, 6) is 0.767. The molecule has 0 spiro atoms. The number of rotatable bonds is 5. The Kier molecular flexibility index (Phi) is 4.35. The molecule has 3 heterocycles. The Hall–Kier alpha value is -1.57. The molecule has 3 aromatic rings. The van der Waals surface area contributed by atoms with E-state index in [9.17, 15) is 5.11 Å². The summed E-state index contributed by atoms with van der Waals surface area (Å²) in [6.07, 6.45) is 3.48. The van der Waals surface area contributed by atoms with E-state index in [2.05, 4.69) is 30.9 Å². The lowest BCUT2D eigenvalue weighted by molar-refractivity contribution is 0.0582. The first-order chi connectivity index (χ1) is 10.9. The highest BCUT2D eigenvalue weighted by Gasteiger charge is 2.21. The van der Waals surface area contributed by atoms with E-state index >= 15 is 0 Å². The van der Waals surface area contributed by atoms with Gasteiger partial charge in [-0.3, -0.25) is 9.97 Å². The maximum atomic E-state index is 10.3. The molecule has 3 aromatic heterocycles. The van der Waals surface area contributed by atoms with E-state index in [0.717, 1.165) is 32.4 Å². The van der Waals surface area contributed by atoms with E-state index in [1.807, 2.05) is 17.6 Å². The van der Waals surface area contributed by atoms with Gasteiger partial charge in [-0.2, -0.15) is 0 Å². The van der Waals surface area contributed by atoms with Gasteiger partial charge in [0.25, 0.3) is 0 Å². The molecule has 0 aliphatic carbocycles. The van der Waals surface area contributed by atoms with Crippen LogP contribution < -0.4 is 0 Å². The summed E-state index contributed by atoms with van der Waals surface area (Å²) < 4.78 is 8.38. The molecular formula is C16H19BrN4O2. The standard InChI is InChI=1S/C16H19BrN4O2/c1-4-23-8-13-20-12-7-18-11-5-10(17)6-19-14(11)15(12)21(13)9-16(2,3)22/h5-7,22H,4,8-9H2,1-3H3. The van der Waals surface area contributed by atoms with Crippen LogP contribution in [-0.4, -0.2) is 36.8 Å². The van der Waals surface area contributed by atoms with E-state index in [-0.39, 0.29) is 0 Å². The second-order valence-electron chi connectivity index (χ2n) is 6.08. The molecule has 0 amide bonds. The Morgan fingerprint density at radius 2 is 2.04 bits per heavy atom. The molecule has 0 unspecified atom stereocenters. The van der Waals surface area contributed by atoms with E-state index in [0.29, 0.717) is 19.8 Å². The molecule has 0 aliphatic rings. The lowest BCUT2D eigenvalue weighted by Gasteiger charge is -2.20. The number of imidazole rings is 1. The van der Waals surface area contributed by atoms with Gasteiger partial charge in [-0.25, -0.2) is 4.98 Å². The zero-order valence-electron chi connectivity index (χ0n) is 13.4. The SMILES string of the molecule is CCOCc1nc2cnc3cc(Br)cnc3c2n1CC(C)(C)O. The number of hydrogen-bond donors (Lipinski definition) is 1. The Bertz CT molecular complexity index is 855. The molecule has 0 bridgehead atoms. The summed E-state index contributed by atoms with van der Waals surface area (Å²) >= 11 is 3.42. The molecule has 0 atom stereocenters. The lowest BCUT2D eigenvalue weighted by Crippen LogP contribution is -2.27. The van der Waals surface area contributed by atoms with Crippen molar-refractivity contribution in [3.63, 3.8) is 0 Å². The first-order valence-corrected chi connectivity index (χ1v) is 8.28. The minimum absolute atomic E-state index is 0.388. The molecular weight excluding hydrogens is 360 g/mol. The van der Waals surface area contributed by atoms with Crippen LogP contribution in [0.3, 0.4) is 0 Å². The van der Waals surface area contributed by atoms with Crippen LogP contribution in [0.4, 0.5) is 0 Å². The number of ether oxygens (including phenoxy) is 1. The average Bonchev–Trinajstić information content (AvgIpc) is 2.81. The van der Waals surface area contributed by atoms with E-state index in [1.165, 1.54) is 0 Å². The summed E-state index contributed by atoms with van der Waals surface area (Å²) in [5, 5.41) is 10.3. The maximum absolute atomic E-state index is 10.3. The van der Waals surface area contributed by atoms with Gasteiger partial charge in [-0.15, -0.1) is 0 Å². The molecule has 23 heavy (non-hydrogen) atoms. The first kappa shape index (κ1) is 16.3. The van der Waals surface area contributed by atoms with Crippen LogP contribution in [0, 0.1) is 0 Å². The van der Waals surface area contributed by atoms with Crippen molar-refractivity contribution in [1.29, 1.82) is 0 Å². The molecule has 0 saturated heterocycles. The van der Waals surface area contributed by atoms with Gasteiger partial charge in [-0.05, 0) is 42.8 Å². The van der Waals surface area contributed by atoms with Gasteiger partial charge in [0.1, 0.15) is 23.5 Å². The van der Waals surface area contributed by atoms with Crippen molar-refractivity contribution in [3.8, 4) is 0 Å². The van der Waals surface area contributed by atoms with Crippen molar-refractivity contribution < 1.29 is 9.84 Å². The fraction of sp³-hybridized carbons (Fsp3) is 0.438. The number of fused-ring (bicyclic) bond motifs is 3. The fourth-order valence-corrected chi connectivity index (χ4v) is 2.88. The molecule has 7 heteroatoms. The van der Waals surface area contributed by atoms with Crippen LogP contribution in [0.5, 0.6) is 0 Å². The van der Waals surface area contributed by atoms with E-state index < -0.39 is 5.60 Å². The third-order valence-electron chi connectivity index (χ3n) is 3.44. The maximum Gasteiger partial charge on any atom is 0.136 e. The van der Waals surface area contributed by atoms with E-state index in [4.69, 9.17) is 4.74 Å². The van der Waals surface area contributed by atoms with Gasteiger partial charge in [0.05, 0.1) is 29.4 Å².